The van der Waals surface area contributed by atoms with Gasteiger partial charge in [0.25, 0.3) is 0 Å². The number of hydrogen-bond donors (Lipinski definition) is 1. The third-order valence-corrected chi connectivity index (χ3v) is 4.73. The van der Waals surface area contributed by atoms with Crippen LogP contribution in [0.2, 0.25) is 0 Å². The van der Waals surface area contributed by atoms with Crippen LogP contribution in [-0.2, 0) is 6.54 Å². The van der Waals surface area contributed by atoms with E-state index in [4.69, 9.17) is 0 Å². The molecule has 1 aliphatic rings. The van der Waals surface area contributed by atoms with E-state index < -0.39 is 17.5 Å². The standard InChI is InChI=1S/C16H13F4NS/c17-10-1-2-15-11(7-10)14(3-4-22-15)21-8-9-5-12(18)16(20)13(19)6-9/h1-2,5-7,14,21H,3-4,8H2. The van der Waals surface area contributed by atoms with Gasteiger partial charge in [0, 0.05) is 17.5 Å². The summed E-state index contributed by atoms with van der Waals surface area (Å²) < 4.78 is 52.7. The first-order valence-corrected chi connectivity index (χ1v) is 7.82. The molecule has 0 saturated heterocycles. The van der Waals surface area contributed by atoms with Crippen LogP contribution in [0.25, 0.3) is 0 Å². The summed E-state index contributed by atoms with van der Waals surface area (Å²) in [6.45, 7) is 0.180. The van der Waals surface area contributed by atoms with Gasteiger partial charge in [-0.15, -0.1) is 11.8 Å². The monoisotopic (exact) mass is 327 g/mol. The zero-order valence-corrected chi connectivity index (χ0v) is 12.3. The second-order valence-corrected chi connectivity index (χ2v) is 6.26. The molecule has 1 N–H and O–H groups in total. The summed E-state index contributed by atoms with van der Waals surface area (Å²) >= 11 is 1.65. The van der Waals surface area contributed by atoms with Crippen molar-refractivity contribution in [1.82, 2.24) is 5.32 Å². The molecule has 1 heterocycles. The highest BCUT2D eigenvalue weighted by atomic mass is 32.2. The molecule has 0 fully saturated rings. The molecule has 0 saturated carbocycles. The van der Waals surface area contributed by atoms with Crippen molar-refractivity contribution < 1.29 is 17.6 Å². The van der Waals surface area contributed by atoms with Gasteiger partial charge in [-0.1, -0.05) is 0 Å². The van der Waals surface area contributed by atoms with Gasteiger partial charge < -0.3 is 5.32 Å². The van der Waals surface area contributed by atoms with Crippen molar-refractivity contribution in [3.8, 4) is 0 Å². The van der Waals surface area contributed by atoms with Crippen LogP contribution in [-0.4, -0.2) is 5.75 Å². The Labute approximate surface area is 129 Å². The quantitative estimate of drug-likeness (QED) is 0.655. The summed E-state index contributed by atoms with van der Waals surface area (Å²) in [5.41, 5.74) is 1.16. The Morgan fingerprint density at radius 1 is 1.05 bits per heavy atom. The molecule has 0 spiro atoms. The number of halogens is 4. The molecule has 116 valence electrons. The summed E-state index contributed by atoms with van der Waals surface area (Å²) in [6, 6.07) is 6.47. The molecule has 1 unspecified atom stereocenters. The molecule has 6 heteroatoms. The normalized spacial score (nSPS) is 17.4. The van der Waals surface area contributed by atoms with Gasteiger partial charge in [0.2, 0.25) is 0 Å². The number of fused-ring (bicyclic) bond motifs is 1. The lowest BCUT2D eigenvalue weighted by Crippen LogP contribution is -2.24. The van der Waals surface area contributed by atoms with Crippen LogP contribution < -0.4 is 5.32 Å². The first kappa shape index (κ1) is 15.4. The maximum Gasteiger partial charge on any atom is 0.194 e. The second-order valence-electron chi connectivity index (χ2n) is 5.13. The fourth-order valence-corrected chi connectivity index (χ4v) is 3.63. The molecule has 0 aliphatic carbocycles. The van der Waals surface area contributed by atoms with Crippen molar-refractivity contribution in [2.24, 2.45) is 0 Å². The van der Waals surface area contributed by atoms with Crippen LogP contribution in [0.5, 0.6) is 0 Å². The Morgan fingerprint density at radius 2 is 1.77 bits per heavy atom. The smallest absolute Gasteiger partial charge is 0.194 e. The van der Waals surface area contributed by atoms with Gasteiger partial charge in [0.05, 0.1) is 0 Å². The number of benzene rings is 2. The summed E-state index contributed by atoms with van der Waals surface area (Å²) in [6.07, 6.45) is 0.785. The third kappa shape index (κ3) is 3.13. The summed E-state index contributed by atoms with van der Waals surface area (Å²) in [5, 5.41) is 3.16. The van der Waals surface area contributed by atoms with E-state index in [9.17, 15) is 17.6 Å². The predicted octanol–water partition coefficient (Wildman–Crippen LogP) is 4.57. The van der Waals surface area contributed by atoms with E-state index in [0.29, 0.717) is 5.56 Å². The average Bonchev–Trinajstić information content (AvgIpc) is 2.50. The Hall–Kier alpha value is -1.53. The van der Waals surface area contributed by atoms with Crippen LogP contribution in [0.4, 0.5) is 17.6 Å². The highest BCUT2D eigenvalue weighted by molar-refractivity contribution is 7.99. The van der Waals surface area contributed by atoms with E-state index in [-0.39, 0.29) is 18.4 Å². The zero-order valence-electron chi connectivity index (χ0n) is 11.5. The van der Waals surface area contributed by atoms with Crippen molar-refractivity contribution in [3.63, 3.8) is 0 Å². The number of thioether (sulfide) groups is 1. The lowest BCUT2D eigenvalue weighted by Gasteiger charge is -2.26. The molecule has 2 aromatic carbocycles. The Balaban J connectivity index is 1.77. The molecule has 2 aromatic rings. The summed E-state index contributed by atoms with van der Waals surface area (Å²) in [7, 11) is 0. The molecule has 1 aliphatic heterocycles. The highest BCUT2D eigenvalue weighted by Gasteiger charge is 2.21. The minimum atomic E-state index is -1.47. The van der Waals surface area contributed by atoms with Crippen LogP contribution in [0.15, 0.2) is 35.2 Å². The topological polar surface area (TPSA) is 12.0 Å². The largest absolute Gasteiger partial charge is 0.306 e. The highest BCUT2D eigenvalue weighted by Crippen LogP contribution is 2.36. The molecule has 0 bridgehead atoms. The van der Waals surface area contributed by atoms with E-state index in [1.165, 1.54) is 12.1 Å². The second kappa shape index (κ2) is 6.30. The van der Waals surface area contributed by atoms with Gasteiger partial charge >= 0.3 is 0 Å². The lowest BCUT2D eigenvalue weighted by atomic mass is 10.0. The summed E-state index contributed by atoms with van der Waals surface area (Å²) in [4.78, 5) is 1.00. The maximum atomic E-state index is 13.4. The van der Waals surface area contributed by atoms with Crippen molar-refractivity contribution in [1.29, 1.82) is 0 Å². The molecular formula is C16H13F4NS. The van der Waals surface area contributed by atoms with Gasteiger partial charge in [-0.2, -0.15) is 0 Å². The predicted molar refractivity (Wildman–Crippen MR) is 77.6 cm³/mol. The van der Waals surface area contributed by atoms with Crippen molar-refractivity contribution >= 4 is 11.8 Å². The third-order valence-electron chi connectivity index (χ3n) is 3.61. The number of nitrogens with one attached hydrogen (secondary N) is 1. The van der Waals surface area contributed by atoms with E-state index in [0.717, 1.165) is 34.8 Å². The number of rotatable bonds is 3. The molecule has 0 radical (unpaired) electrons. The first-order chi connectivity index (χ1) is 10.5. The van der Waals surface area contributed by atoms with Crippen LogP contribution >= 0.6 is 11.8 Å². The van der Waals surface area contributed by atoms with Crippen molar-refractivity contribution in [2.75, 3.05) is 5.75 Å². The Morgan fingerprint density at radius 3 is 2.50 bits per heavy atom. The van der Waals surface area contributed by atoms with E-state index in [1.54, 1.807) is 17.8 Å². The fourth-order valence-electron chi connectivity index (χ4n) is 2.53. The molecule has 3 rings (SSSR count). The van der Waals surface area contributed by atoms with Gasteiger partial charge in [-0.25, -0.2) is 17.6 Å². The minimum absolute atomic E-state index is 0.0943. The Bertz CT molecular complexity index is 682. The van der Waals surface area contributed by atoms with Crippen molar-refractivity contribution in [3.05, 3.63) is 64.7 Å². The number of hydrogen-bond acceptors (Lipinski definition) is 2. The van der Waals surface area contributed by atoms with Gasteiger partial charge in [-0.05, 0) is 53.6 Å². The molecule has 0 aromatic heterocycles. The average molecular weight is 327 g/mol. The van der Waals surface area contributed by atoms with Crippen molar-refractivity contribution in [2.45, 2.75) is 23.9 Å². The van der Waals surface area contributed by atoms with Gasteiger partial charge in [0.1, 0.15) is 5.82 Å². The van der Waals surface area contributed by atoms with Gasteiger partial charge in [0.15, 0.2) is 17.5 Å². The minimum Gasteiger partial charge on any atom is -0.306 e. The molecule has 1 atom stereocenters. The zero-order chi connectivity index (χ0) is 15.7. The molecular weight excluding hydrogens is 314 g/mol. The van der Waals surface area contributed by atoms with E-state index in [2.05, 4.69) is 5.32 Å². The molecule has 1 nitrogen and oxygen atoms in total. The van der Waals surface area contributed by atoms with Crippen LogP contribution in [0, 0.1) is 23.3 Å². The van der Waals surface area contributed by atoms with Crippen LogP contribution in [0.3, 0.4) is 0 Å². The fraction of sp³-hybridized carbons (Fsp3) is 0.250. The van der Waals surface area contributed by atoms with Crippen LogP contribution in [0.1, 0.15) is 23.6 Å². The van der Waals surface area contributed by atoms with E-state index in [1.807, 2.05) is 0 Å². The first-order valence-electron chi connectivity index (χ1n) is 6.83. The molecule has 0 amide bonds. The maximum absolute atomic E-state index is 13.4. The summed E-state index contributed by atoms with van der Waals surface area (Å²) in [5.74, 6) is -3.32. The van der Waals surface area contributed by atoms with E-state index >= 15 is 0 Å². The Kier molecular flexibility index (Phi) is 4.40. The molecule has 22 heavy (non-hydrogen) atoms. The lowest BCUT2D eigenvalue weighted by molar-refractivity contribution is 0.441. The SMILES string of the molecule is Fc1ccc2c(c1)C(NCc1cc(F)c(F)c(F)c1)CCS2. The van der Waals surface area contributed by atoms with Gasteiger partial charge in [-0.3, -0.25) is 0 Å².